The molecule has 3 rings (SSSR count). The number of benzene rings is 2. The van der Waals surface area contributed by atoms with Crippen LogP contribution in [0.25, 0.3) is 0 Å². The monoisotopic (exact) mass is 369 g/mol. The summed E-state index contributed by atoms with van der Waals surface area (Å²) in [5.41, 5.74) is 4.24. The minimum Gasteiger partial charge on any atom is -0.339 e. The van der Waals surface area contributed by atoms with Crippen LogP contribution in [-0.2, 0) is 0 Å². The molecule has 0 aliphatic rings. The molecule has 0 unspecified atom stereocenters. The van der Waals surface area contributed by atoms with Crippen molar-refractivity contribution < 1.29 is 0 Å². The van der Waals surface area contributed by atoms with Gasteiger partial charge in [-0.1, -0.05) is 34.1 Å². The van der Waals surface area contributed by atoms with Gasteiger partial charge in [-0.25, -0.2) is 0 Å². The van der Waals surface area contributed by atoms with E-state index in [1.807, 2.05) is 24.3 Å². The second-order valence-electron chi connectivity index (χ2n) is 5.24. The Labute approximate surface area is 143 Å². The summed E-state index contributed by atoms with van der Waals surface area (Å²) in [7, 11) is 0. The van der Waals surface area contributed by atoms with Crippen LogP contribution in [0.3, 0.4) is 0 Å². The lowest BCUT2D eigenvalue weighted by molar-refractivity contribution is 0.982. The Bertz CT molecular complexity index is 835. The van der Waals surface area contributed by atoms with E-state index >= 15 is 0 Å². The average Bonchev–Trinajstić information content (AvgIpc) is 2.51. The predicted molar refractivity (Wildman–Crippen MR) is 96.5 cm³/mol. The number of halogens is 1. The van der Waals surface area contributed by atoms with Crippen molar-refractivity contribution in [2.24, 2.45) is 0 Å². The van der Waals surface area contributed by atoms with E-state index in [2.05, 4.69) is 73.8 Å². The summed E-state index contributed by atoms with van der Waals surface area (Å²) in [6.45, 7) is 4.11. The molecule has 0 bridgehead atoms. The predicted octanol–water partition coefficient (Wildman–Crippen LogP) is 4.74. The first kappa shape index (κ1) is 15.4. The molecule has 5 nitrogen and oxygen atoms in total. The summed E-state index contributed by atoms with van der Waals surface area (Å²) in [6, 6.07) is 14.0. The van der Waals surface area contributed by atoms with Gasteiger partial charge in [-0.15, -0.1) is 5.10 Å². The van der Waals surface area contributed by atoms with Crippen molar-refractivity contribution in [1.82, 2.24) is 15.2 Å². The molecular formula is C17H16BrN5. The number of aromatic nitrogens is 3. The van der Waals surface area contributed by atoms with Crippen molar-refractivity contribution in [2.75, 3.05) is 10.6 Å². The molecule has 1 aromatic heterocycles. The van der Waals surface area contributed by atoms with Crippen LogP contribution in [0.15, 0.2) is 53.1 Å². The van der Waals surface area contributed by atoms with Gasteiger partial charge in [0.25, 0.3) is 0 Å². The summed E-state index contributed by atoms with van der Waals surface area (Å²) in [6.07, 6.45) is 1.61. The molecule has 23 heavy (non-hydrogen) atoms. The average molecular weight is 370 g/mol. The zero-order valence-corrected chi connectivity index (χ0v) is 14.4. The fourth-order valence-corrected chi connectivity index (χ4v) is 2.52. The topological polar surface area (TPSA) is 62.7 Å². The van der Waals surface area contributed by atoms with Crippen molar-refractivity contribution in [3.63, 3.8) is 0 Å². The van der Waals surface area contributed by atoms with Gasteiger partial charge in [-0.2, -0.15) is 10.1 Å². The molecule has 3 aromatic rings. The van der Waals surface area contributed by atoms with Crippen LogP contribution < -0.4 is 10.6 Å². The largest absolute Gasteiger partial charge is 0.339 e. The summed E-state index contributed by atoms with van der Waals surface area (Å²) in [5.74, 6) is 1.09. The van der Waals surface area contributed by atoms with Crippen molar-refractivity contribution >= 4 is 39.1 Å². The Hall–Kier alpha value is -2.47. The van der Waals surface area contributed by atoms with Gasteiger partial charge >= 0.3 is 0 Å². The summed E-state index contributed by atoms with van der Waals surface area (Å²) in [5, 5.41) is 14.5. The Morgan fingerprint density at radius 3 is 2.70 bits per heavy atom. The quantitative estimate of drug-likeness (QED) is 0.695. The zero-order valence-electron chi connectivity index (χ0n) is 12.8. The molecule has 2 aromatic carbocycles. The first-order valence-corrected chi connectivity index (χ1v) is 7.96. The maximum atomic E-state index is 4.45. The van der Waals surface area contributed by atoms with E-state index in [9.17, 15) is 0 Å². The minimum atomic E-state index is 0.443. The minimum absolute atomic E-state index is 0.443. The Balaban J connectivity index is 1.81. The van der Waals surface area contributed by atoms with Crippen LogP contribution >= 0.6 is 15.9 Å². The second kappa shape index (κ2) is 6.75. The van der Waals surface area contributed by atoms with E-state index in [0.717, 1.165) is 21.4 Å². The summed E-state index contributed by atoms with van der Waals surface area (Å²) in [4.78, 5) is 4.45. The summed E-state index contributed by atoms with van der Waals surface area (Å²) < 4.78 is 0.986. The maximum absolute atomic E-state index is 4.45. The normalized spacial score (nSPS) is 10.4. The van der Waals surface area contributed by atoms with E-state index < -0.39 is 0 Å². The highest BCUT2D eigenvalue weighted by Crippen LogP contribution is 2.22. The molecule has 0 fully saturated rings. The number of hydrogen-bond acceptors (Lipinski definition) is 5. The van der Waals surface area contributed by atoms with Crippen molar-refractivity contribution in [3.8, 4) is 0 Å². The molecule has 0 spiro atoms. The van der Waals surface area contributed by atoms with Crippen LogP contribution in [-0.4, -0.2) is 15.2 Å². The third kappa shape index (κ3) is 4.04. The molecule has 0 saturated heterocycles. The van der Waals surface area contributed by atoms with Crippen LogP contribution in [0.4, 0.5) is 23.1 Å². The van der Waals surface area contributed by atoms with Crippen LogP contribution in [0.1, 0.15) is 11.1 Å². The van der Waals surface area contributed by atoms with E-state index in [4.69, 9.17) is 0 Å². The maximum Gasteiger partial charge on any atom is 0.249 e. The Morgan fingerprint density at radius 1 is 1.00 bits per heavy atom. The molecule has 0 saturated carbocycles. The van der Waals surface area contributed by atoms with Crippen molar-refractivity contribution in [2.45, 2.75) is 13.8 Å². The van der Waals surface area contributed by atoms with Gasteiger partial charge in [0.2, 0.25) is 5.95 Å². The third-order valence-electron chi connectivity index (χ3n) is 3.30. The molecular weight excluding hydrogens is 354 g/mol. The molecule has 6 heteroatoms. The van der Waals surface area contributed by atoms with Gasteiger partial charge in [0, 0.05) is 15.8 Å². The van der Waals surface area contributed by atoms with Gasteiger partial charge in [-0.3, -0.25) is 0 Å². The van der Waals surface area contributed by atoms with Gasteiger partial charge in [0.15, 0.2) is 5.82 Å². The van der Waals surface area contributed by atoms with Crippen molar-refractivity contribution in [3.05, 3.63) is 64.3 Å². The molecule has 1 heterocycles. The lowest BCUT2D eigenvalue weighted by Gasteiger charge is -2.10. The highest BCUT2D eigenvalue weighted by Gasteiger charge is 2.04. The lowest BCUT2D eigenvalue weighted by atomic mass is 10.1. The standard InChI is InChI=1S/C17H16BrN5/c1-11-6-7-12(2)15(8-11)21-16-10-19-23-17(22-16)20-14-5-3-4-13(18)9-14/h3-10H,1-2H3,(H2,20,21,22,23). The van der Waals surface area contributed by atoms with Gasteiger partial charge in [-0.05, 0) is 49.2 Å². The second-order valence-corrected chi connectivity index (χ2v) is 6.16. The zero-order chi connectivity index (χ0) is 16.2. The SMILES string of the molecule is Cc1ccc(C)c(Nc2cnnc(Nc3cccc(Br)c3)n2)c1. The number of anilines is 4. The molecule has 0 aliphatic heterocycles. The van der Waals surface area contributed by atoms with E-state index in [1.54, 1.807) is 6.20 Å². The molecule has 0 aliphatic carbocycles. The fraction of sp³-hybridized carbons (Fsp3) is 0.118. The molecule has 0 atom stereocenters. The number of hydrogen-bond donors (Lipinski definition) is 2. The van der Waals surface area contributed by atoms with Crippen molar-refractivity contribution in [1.29, 1.82) is 0 Å². The van der Waals surface area contributed by atoms with Crippen LogP contribution in [0.5, 0.6) is 0 Å². The van der Waals surface area contributed by atoms with Gasteiger partial charge in [0.05, 0.1) is 6.20 Å². The molecule has 0 radical (unpaired) electrons. The van der Waals surface area contributed by atoms with Crippen LogP contribution in [0, 0.1) is 13.8 Å². The van der Waals surface area contributed by atoms with E-state index in [0.29, 0.717) is 11.8 Å². The number of nitrogens with one attached hydrogen (secondary N) is 2. The van der Waals surface area contributed by atoms with E-state index in [-0.39, 0.29) is 0 Å². The highest BCUT2D eigenvalue weighted by atomic mass is 79.9. The smallest absolute Gasteiger partial charge is 0.249 e. The Kier molecular flexibility index (Phi) is 4.52. The highest BCUT2D eigenvalue weighted by molar-refractivity contribution is 9.10. The molecule has 0 amide bonds. The van der Waals surface area contributed by atoms with Gasteiger partial charge < -0.3 is 10.6 Å². The van der Waals surface area contributed by atoms with E-state index in [1.165, 1.54) is 5.56 Å². The van der Waals surface area contributed by atoms with Gasteiger partial charge in [0.1, 0.15) is 0 Å². The first-order chi connectivity index (χ1) is 11.1. The number of rotatable bonds is 4. The lowest BCUT2D eigenvalue weighted by Crippen LogP contribution is -2.03. The first-order valence-electron chi connectivity index (χ1n) is 7.17. The molecule has 116 valence electrons. The molecule has 2 N–H and O–H groups in total. The number of aryl methyl sites for hydroxylation is 2. The third-order valence-corrected chi connectivity index (χ3v) is 3.79. The number of nitrogens with zero attached hydrogens (tertiary/aromatic N) is 3. The summed E-state index contributed by atoms with van der Waals surface area (Å²) >= 11 is 3.44. The van der Waals surface area contributed by atoms with Crippen LogP contribution in [0.2, 0.25) is 0 Å². The Morgan fingerprint density at radius 2 is 1.87 bits per heavy atom. The fourth-order valence-electron chi connectivity index (χ4n) is 2.12.